The molecule has 0 bridgehead atoms. The molecule has 0 radical (unpaired) electrons. The summed E-state index contributed by atoms with van der Waals surface area (Å²) in [6.07, 6.45) is 2.28. The first-order valence-electron chi connectivity index (χ1n) is 5.35. The van der Waals surface area contributed by atoms with E-state index in [2.05, 4.69) is 10.5 Å². The molecular weight excluding hydrogens is 204 g/mol. The minimum absolute atomic E-state index is 0.172. The first-order valence-corrected chi connectivity index (χ1v) is 5.35. The van der Waals surface area contributed by atoms with Gasteiger partial charge in [0.15, 0.2) is 0 Å². The SMILES string of the molecule is CCCC/C(=N\O)C(=O)Nc1ccccc1. The summed E-state index contributed by atoms with van der Waals surface area (Å²) in [5, 5.41) is 14.4. The third kappa shape index (κ3) is 3.73. The monoisotopic (exact) mass is 220 g/mol. The molecular formula is C12H16N2O2. The van der Waals surface area contributed by atoms with Crippen LogP contribution >= 0.6 is 0 Å². The number of hydrogen-bond acceptors (Lipinski definition) is 3. The maximum Gasteiger partial charge on any atom is 0.273 e. The van der Waals surface area contributed by atoms with Crippen molar-refractivity contribution < 1.29 is 10.0 Å². The number of rotatable bonds is 5. The van der Waals surface area contributed by atoms with Gasteiger partial charge < -0.3 is 10.5 Å². The summed E-state index contributed by atoms with van der Waals surface area (Å²) in [6.45, 7) is 2.02. The highest BCUT2D eigenvalue weighted by molar-refractivity contribution is 6.42. The van der Waals surface area contributed by atoms with E-state index in [0.717, 1.165) is 12.8 Å². The van der Waals surface area contributed by atoms with Gasteiger partial charge in [0.1, 0.15) is 5.71 Å². The molecule has 1 aromatic rings. The van der Waals surface area contributed by atoms with Crippen LogP contribution in [-0.4, -0.2) is 16.8 Å². The highest BCUT2D eigenvalue weighted by atomic mass is 16.4. The predicted molar refractivity (Wildman–Crippen MR) is 63.8 cm³/mol. The molecule has 86 valence electrons. The summed E-state index contributed by atoms with van der Waals surface area (Å²) >= 11 is 0. The van der Waals surface area contributed by atoms with Gasteiger partial charge in [-0.1, -0.05) is 36.7 Å². The second-order valence-corrected chi connectivity index (χ2v) is 3.47. The molecule has 0 aromatic heterocycles. The molecule has 0 saturated carbocycles. The Labute approximate surface area is 95.0 Å². The molecule has 0 unspecified atom stereocenters. The predicted octanol–water partition coefficient (Wildman–Crippen LogP) is 2.65. The maximum atomic E-state index is 11.6. The van der Waals surface area contributed by atoms with Crippen molar-refractivity contribution in [1.82, 2.24) is 0 Å². The summed E-state index contributed by atoms with van der Waals surface area (Å²) in [5.41, 5.74) is 0.871. The third-order valence-corrected chi connectivity index (χ3v) is 2.18. The van der Waals surface area contributed by atoms with E-state index in [4.69, 9.17) is 5.21 Å². The Morgan fingerprint density at radius 1 is 1.38 bits per heavy atom. The van der Waals surface area contributed by atoms with E-state index in [0.29, 0.717) is 12.1 Å². The van der Waals surface area contributed by atoms with Gasteiger partial charge in [-0.15, -0.1) is 0 Å². The number of nitrogens with zero attached hydrogens (tertiary/aromatic N) is 1. The van der Waals surface area contributed by atoms with Gasteiger partial charge in [-0.2, -0.15) is 0 Å². The first-order chi connectivity index (χ1) is 7.77. The molecule has 4 heteroatoms. The van der Waals surface area contributed by atoms with Crippen LogP contribution in [0, 0.1) is 0 Å². The lowest BCUT2D eigenvalue weighted by Crippen LogP contribution is -2.22. The van der Waals surface area contributed by atoms with E-state index in [-0.39, 0.29) is 11.6 Å². The van der Waals surface area contributed by atoms with Gasteiger partial charge in [0.05, 0.1) is 0 Å². The number of carbonyl (C=O) groups excluding carboxylic acids is 1. The van der Waals surface area contributed by atoms with Gasteiger partial charge in [-0.3, -0.25) is 4.79 Å². The first kappa shape index (κ1) is 12.2. The Balaban J connectivity index is 2.57. The molecule has 0 aliphatic carbocycles. The summed E-state index contributed by atoms with van der Waals surface area (Å²) in [5.74, 6) is -0.345. The molecule has 0 saturated heterocycles. The number of nitrogens with one attached hydrogen (secondary N) is 1. The van der Waals surface area contributed by atoms with E-state index < -0.39 is 0 Å². The lowest BCUT2D eigenvalue weighted by molar-refractivity contribution is -0.110. The van der Waals surface area contributed by atoms with E-state index in [1.165, 1.54) is 0 Å². The third-order valence-electron chi connectivity index (χ3n) is 2.18. The number of oxime groups is 1. The molecule has 0 aliphatic rings. The van der Waals surface area contributed by atoms with Crippen LogP contribution < -0.4 is 5.32 Å². The minimum Gasteiger partial charge on any atom is -0.410 e. The Morgan fingerprint density at radius 3 is 2.62 bits per heavy atom. The Bertz CT molecular complexity index is 361. The Kier molecular flexibility index (Phi) is 5.05. The van der Waals surface area contributed by atoms with E-state index in [1.54, 1.807) is 12.1 Å². The lowest BCUT2D eigenvalue weighted by Gasteiger charge is -2.05. The number of benzene rings is 1. The fraction of sp³-hybridized carbons (Fsp3) is 0.333. The van der Waals surface area contributed by atoms with Gasteiger partial charge in [-0.05, 0) is 25.0 Å². The van der Waals surface area contributed by atoms with Crippen molar-refractivity contribution in [2.45, 2.75) is 26.2 Å². The zero-order chi connectivity index (χ0) is 11.8. The van der Waals surface area contributed by atoms with Crippen molar-refractivity contribution in [3.05, 3.63) is 30.3 Å². The van der Waals surface area contributed by atoms with Crippen LogP contribution in [0.1, 0.15) is 26.2 Å². The minimum atomic E-state index is -0.345. The average molecular weight is 220 g/mol. The summed E-state index contributed by atoms with van der Waals surface area (Å²) in [7, 11) is 0. The summed E-state index contributed by atoms with van der Waals surface area (Å²) in [4.78, 5) is 11.6. The van der Waals surface area contributed by atoms with Gasteiger partial charge in [-0.25, -0.2) is 0 Å². The summed E-state index contributed by atoms with van der Waals surface area (Å²) in [6, 6.07) is 9.10. The fourth-order valence-corrected chi connectivity index (χ4v) is 1.28. The second-order valence-electron chi connectivity index (χ2n) is 3.47. The lowest BCUT2D eigenvalue weighted by atomic mass is 10.1. The van der Waals surface area contributed by atoms with Gasteiger partial charge in [0.25, 0.3) is 5.91 Å². The molecule has 0 fully saturated rings. The van der Waals surface area contributed by atoms with Crippen LogP contribution in [0.3, 0.4) is 0 Å². The zero-order valence-electron chi connectivity index (χ0n) is 9.31. The van der Waals surface area contributed by atoms with Crippen LogP contribution in [0.15, 0.2) is 35.5 Å². The van der Waals surface area contributed by atoms with Gasteiger partial charge >= 0.3 is 0 Å². The normalized spacial score (nSPS) is 11.2. The number of hydrogen-bond donors (Lipinski definition) is 2. The molecule has 1 rings (SSSR count). The number of amides is 1. The smallest absolute Gasteiger partial charge is 0.273 e. The quantitative estimate of drug-likeness (QED) is 0.455. The van der Waals surface area contributed by atoms with E-state index in [9.17, 15) is 4.79 Å². The van der Waals surface area contributed by atoms with Crippen molar-refractivity contribution in [3.8, 4) is 0 Å². The van der Waals surface area contributed by atoms with Crippen LogP contribution in [0.2, 0.25) is 0 Å². The van der Waals surface area contributed by atoms with Gasteiger partial charge in [0, 0.05) is 5.69 Å². The molecule has 1 aromatic carbocycles. The van der Waals surface area contributed by atoms with Crippen molar-refractivity contribution in [2.24, 2.45) is 5.16 Å². The Morgan fingerprint density at radius 2 is 2.06 bits per heavy atom. The topological polar surface area (TPSA) is 61.7 Å². The average Bonchev–Trinajstić information content (AvgIpc) is 2.31. The maximum absolute atomic E-state index is 11.6. The van der Waals surface area contributed by atoms with Crippen molar-refractivity contribution in [1.29, 1.82) is 0 Å². The van der Waals surface area contributed by atoms with Crippen LogP contribution in [0.4, 0.5) is 5.69 Å². The molecule has 0 spiro atoms. The van der Waals surface area contributed by atoms with E-state index in [1.807, 2.05) is 25.1 Å². The van der Waals surface area contributed by atoms with E-state index >= 15 is 0 Å². The van der Waals surface area contributed by atoms with Crippen molar-refractivity contribution in [3.63, 3.8) is 0 Å². The van der Waals surface area contributed by atoms with Crippen molar-refractivity contribution in [2.75, 3.05) is 5.32 Å². The number of anilines is 1. The number of unbranched alkanes of at least 4 members (excludes halogenated alkanes) is 1. The second kappa shape index (κ2) is 6.61. The molecule has 16 heavy (non-hydrogen) atoms. The highest BCUT2D eigenvalue weighted by Gasteiger charge is 2.11. The molecule has 0 heterocycles. The zero-order valence-corrected chi connectivity index (χ0v) is 9.31. The Hall–Kier alpha value is -1.84. The number of para-hydroxylation sites is 1. The number of carbonyl (C=O) groups is 1. The van der Waals surface area contributed by atoms with Crippen LogP contribution in [0.5, 0.6) is 0 Å². The van der Waals surface area contributed by atoms with Gasteiger partial charge in [0.2, 0.25) is 0 Å². The van der Waals surface area contributed by atoms with Crippen molar-refractivity contribution >= 4 is 17.3 Å². The molecule has 4 nitrogen and oxygen atoms in total. The highest BCUT2D eigenvalue weighted by Crippen LogP contribution is 2.06. The van der Waals surface area contributed by atoms with Crippen LogP contribution in [0.25, 0.3) is 0 Å². The molecule has 0 atom stereocenters. The largest absolute Gasteiger partial charge is 0.410 e. The molecule has 1 amide bonds. The standard InChI is InChI=1S/C12H16N2O2/c1-2-3-9-11(14-16)12(15)13-10-7-5-4-6-8-10/h4-8,16H,2-3,9H2,1H3,(H,13,15)/b14-11+. The van der Waals surface area contributed by atoms with Crippen LogP contribution in [-0.2, 0) is 4.79 Å². The molecule has 0 aliphatic heterocycles. The fourth-order valence-electron chi connectivity index (χ4n) is 1.28. The summed E-state index contributed by atoms with van der Waals surface area (Å²) < 4.78 is 0. The molecule has 2 N–H and O–H groups in total.